The molecule has 0 amide bonds. The summed E-state index contributed by atoms with van der Waals surface area (Å²) < 4.78 is 1.85. The Kier molecular flexibility index (Phi) is 5.69. The van der Waals surface area contributed by atoms with Crippen molar-refractivity contribution in [3.63, 3.8) is 0 Å². The van der Waals surface area contributed by atoms with Crippen molar-refractivity contribution in [1.82, 2.24) is 14.6 Å². The predicted molar refractivity (Wildman–Crippen MR) is 112 cm³/mol. The van der Waals surface area contributed by atoms with Crippen LogP contribution in [-0.2, 0) is 18.6 Å². The zero-order chi connectivity index (χ0) is 19.0. The molecule has 0 atom stereocenters. The van der Waals surface area contributed by atoms with Gasteiger partial charge in [-0.25, -0.2) is 9.47 Å². The summed E-state index contributed by atoms with van der Waals surface area (Å²) >= 11 is 13.7. The van der Waals surface area contributed by atoms with E-state index < -0.39 is 0 Å². The summed E-state index contributed by atoms with van der Waals surface area (Å²) in [5.41, 5.74) is 3.30. The van der Waals surface area contributed by atoms with Crippen molar-refractivity contribution in [1.29, 1.82) is 0 Å². The minimum atomic E-state index is -0.156. The predicted octanol–water partition coefficient (Wildman–Crippen LogP) is 3.21. The van der Waals surface area contributed by atoms with Crippen LogP contribution in [0, 0.1) is 0 Å². The molecule has 5 nitrogen and oxygen atoms in total. The normalized spacial score (nSPS) is 17.4. The van der Waals surface area contributed by atoms with Crippen molar-refractivity contribution in [3.8, 4) is 0 Å². The van der Waals surface area contributed by atoms with E-state index in [1.807, 2.05) is 22.9 Å². The second-order valence-electron chi connectivity index (χ2n) is 7.08. The first-order valence-electron chi connectivity index (χ1n) is 9.18. The summed E-state index contributed by atoms with van der Waals surface area (Å²) in [6.07, 6.45) is 3.01. The molecule has 0 bridgehead atoms. The zero-order valence-electron chi connectivity index (χ0n) is 15.3. The van der Waals surface area contributed by atoms with E-state index in [-0.39, 0.29) is 5.69 Å². The number of halogens is 2. The second kappa shape index (κ2) is 8.03. The zero-order valence-corrected chi connectivity index (χ0v) is 17.6. The Morgan fingerprint density at radius 2 is 1.89 bits per heavy atom. The number of thioether (sulfide) groups is 1. The third-order valence-electron chi connectivity index (χ3n) is 5.20. The van der Waals surface area contributed by atoms with Gasteiger partial charge in [-0.05, 0) is 44.0 Å². The van der Waals surface area contributed by atoms with Gasteiger partial charge in [-0.15, -0.1) is 11.8 Å². The number of nitrogens with zero attached hydrogens (tertiary/aromatic N) is 4. The Balaban J connectivity index is 1.59. The standard InChI is InChI=1S/C19H22Cl2N4OS/c1-23-7-9-24(10-8-23)25-17-4-2-3-14(17)18(22-19(25)26)27-12-13-5-6-15(20)16(21)11-13/h5-6,11H,2-4,7-10,12H2,1H3. The Morgan fingerprint density at radius 3 is 2.63 bits per heavy atom. The molecule has 1 aromatic heterocycles. The lowest BCUT2D eigenvalue weighted by atomic mass is 10.2. The third-order valence-corrected chi connectivity index (χ3v) is 7.03. The molecule has 2 heterocycles. The second-order valence-corrected chi connectivity index (χ2v) is 8.86. The highest BCUT2D eigenvalue weighted by Crippen LogP contribution is 2.32. The fourth-order valence-electron chi connectivity index (χ4n) is 3.70. The number of hydrogen-bond donors (Lipinski definition) is 0. The lowest BCUT2D eigenvalue weighted by molar-refractivity contribution is 0.282. The van der Waals surface area contributed by atoms with Gasteiger partial charge in [-0.2, -0.15) is 4.98 Å². The Labute approximate surface area is 173 Å². The number of benzene rings is 1. The first-order chi connectivity index (χ1) is 13.0. The van der Waals surface area contributed by atoms with Gasteiger partial charge in [0.1, 0.15) is 5.03 Å². The van der Waals surface area contributed by atoms with Gasteiger partial charge in [0.2, 0.25) is 0 Å². The molecular weight excluding hydrogens is 403 g/mol. The molecule has 1 aliphatic carbocycles. The highest BCUT2D eigenvalue weighted by Gasteiger charge is 2.26. The molecule has 0 unspecified atom stereocenters. The number of aromatic nitrogens is 2. The molecule has 1 saturated heterocycles. The molecule has 0 spiro atoms. The van der Waals surface area contributed by atoms with Crippen LogP contribution in [0.2, 0.25) is 10.0 Å². The molecule has 144 valence electrons. The Bertz CT molecular complexity index is 909. The molecule has 2 aromatic rings. The minimum Gasteiger partial charge on any atom is -0.306 e. The minimum absolute atomic E-state index is 0.156. The van der Waals surface area contributed by atoms with Gasteiger partial charge in [0.25, 0.3) is 0 Å². The molecule has 2 aliphatic rings. The van der Waals surface area contributed by atoms with Crippen LogP contribution in [0.25, 0.3) is 0 Å². The number of hydrogen-bond acceptors (Lipinski definition) is 5. The van der Waals surface area contributed by atoms with E-state index in [9.17, 15) is 4.79 Å². The van der Waals surface area contributed by atoms with Crippen LogP contribution in [0.5, 0.6) is 0 Å². The number of fused-ring (bicyclic) bond motifs is 1. The molecule has 4 rings (SSSR count). The van der Waals surface area contributed by atoms with Crippen molar-refractivity contribution < 1.29 is 0 Å². The van der Waals surface area contributed by atoms with E-state index in [2.05, 4.69) is 21.9 Å². The molecule has 8 heteroatoms. The molecule has 1 fully saturated rings. The van der Waals surface area contributed by atoms with E-state index in [4.69, 9.17) is 23.2 Å². The number of piperazine rings is 1. The maximum atomic E-state index is 12.8. The van der Waals surface area contributed by atoms with E-state index in [1.54, 1.807) is 11.8 Å². The van der Waals surface area contributed by atoms with Gasteiger partial charge >= 0.3 is 5.69 Å². The lowest BCUT2D eigenvalue weighted by Crippen LogP contribution is -2.54. The van der Waals surface area contributed by atoms with Crippen molar-refractivity contribution in [2.75, 3.05) is 38.2 Å². The maximum Gasteiger partial charge on any atom is 0.367 e. The van der Waals surface area contributed by atoms with Crippen LogP contribution in [0.4, 0.5) is 0 Å². The first-order valence-corrected chi connectivity index (χ1v) is 10.9. The molecule has 0 radical (unpaired) electrons. The van der Waals surface area contributed by atoms with Crippen molar-refractivity contribution in [2.45, 2.75) is 30.0 Å². The summed E-state index contributed by atoms with van der Waals surface area (Å²) in [4.78, 5) is 19.6. The number of rotatable bonds is 4. The molecule has 1 aliphatic heterocycles. The van der Waals surface area contributed by atoms with E-state index in [0.29, 0.717) is 15.8 Å². The summed E-state index contributed by atoms with van der Waals surface area (Å²) in [6.45, 7) is 3.66. The Morgan fingerprint density at radius 1 is 1.11 bits per heavy atom. The smallest absolute Gasteiger partial charge is 0.306 e. The molecular formula is C19H22Cl2N4OS. The molecule has 27 heavy (non-hydrogen) atoms. The highest BCUT2D eigenvalue weighted by molar-refractivity contribution is 7.98. The monoisotopic (exact) mass is 424 g/mol. The van der Waals surface area contributed by atoms with E-state index >= 15 is 0 Å². The fraction of sp³-hybridized carbons (Fsp3) is 0.474. The van der Waals surface area contributed by atoms with Crippen molar-refractivity contribution in [3.05, 3.63) is 55.5 Å². The van der Waals surface area contributed by atoms with Gasteiger partial charge in [0.15, 0.2) is 0 Å². The Hall–Kier alpha value is -1.21. The quantitative estimate of drug-likeness (QED) is 0.556. The van der Waals surface area contributed by atoms with Crippen LogP contribution in [0.1, 0.15) is 23.2 Å². The van der Waals surface area contributed by atoms with E-state index in [0.717, 1.165) is 61.7 Å². The van der Waals surface area contributed by atoms with Crippen LogP contribution in [0.15, 0.2) is 28.0 Å². The van der Waals surface area contributed by atoms with Gasteiger partial charge in [-0.3, -0.25) is 0 Å². The van der Waals surface area contributed by atoms with Gasteiger partial charge in [-0.1, -0.05) is 29.3 Å². The van der Waals surface area contributed by atoms with Crippen LogP contribution in [0.3, 0.4) is 0 Å². The first kappa shape index (κ1) is 19.1. The van der Waals surface area contributed by atoms with Crippen molar-refractivity contribution >= 4 is 35.0 Å². The summed E-state index contributed by atoms with van der Waals surface area (Å²) in [6, 6.07) is 5.65. The highest BCUT2D eigenvalue weighted by atomic mass is 35.5. The summed E-state index contributed by atoms with van der Waals surface area (Å²) in [5, 5.41) is 4.13. The van der Waals surface area contributed by atoms with Gasteiger partial charge < -0.3 is 9.91 Å². The summed E-state index contributed by atoms with van der Waals surface area (Å²) in [7, 11) is 2.12. The SMILES string of the molecule is CN1CCN(n2c3c(c(SCc4ccc(Cl)c(Cl)c4)nc2=O)CCC3)CC1. The van der Waals surface area contributed by atoms with Crippen LogP contribution < -0.4 is 10.7 Å². The lowest BCUT2D eigenvalue weighted by Gasteiger charge is -2.35. The average molecular weight is 425 g/mol. The van der Waals surface area contributed by atoms with Gasteiger partial charge in [0.05, 0.1) is 15.7 Å². The fourth-order valence-corrected chi connectivity index (χ4v) is 5.04. The van der Waals surface area contributed by atoms with Crippen LogP contribution in [-0.4, -0.2) is 47.8 Å². The topological polar surface area (TPSA) is 41.4 Å². The largest absolute Gasteiger partial charge is 0.367 e. The van der Waals surface area contributed by atoms with Crippen LogP contribution >= 0.6 is 35.0 Å². The molecule has 1 aromatic carbocycles. The van der Waals surface area contributed by atoms with E-state index in [1.165, 1.54) is 5.56 Å². The number of likely N-dealkylation sites (N-methyl/N-ethyl adjacent to an activating group) is 1. The van der Waals surface area contributed by atoms with Gasteiger partial charge in [0, 0.05) is 37.5 Å². The van der Waals surface area contributed by atoms with Crippen molar-refractivity contribution in [2.24, 2.45) is 0 Å². The average Bonchev–Trinajstić information content (AvgIpc) is 3.13. The maximum absolute atomic E-state index is 12.8. The summed E-state index contributed by atoms with van der Waals surface area (Å²) in [5.74, 6) is 0.717. The molecule has 0 saturated carbocycles. The third kappa shape index (κ3) is 3.99. The molecule has 0 N–H and O–H groups in total.